The van der Waals surface area contributed by atoms with E-state index in [1.165, 1.54) is 16.4 Å². The maximum absolute atomic E-state index is 12.8. The number of aryl methyl sites for hydroxylation is 1. The van der Waals surface area contributed by atoms with Gasteiger partial charge in [0.25, 0.3) is 5.91 Å². The molecule has 1 aromatic rings. The molecular formula is C18H24N2O5S. The Labute approximate surface area is 153 Å². The van der Waals surface area contributed by atoms with Gasteiger partial charge < -0.3 is 10.4 Å². The average Bonchev–Trinajstić information content (AvgIpc) is 3.42. The number of rotatable bonds is 6. The van der Waals surface area contributed by atoms with Gasteiger partial charge in [0.1, 0.15) is 0 Å². The van der Waals surface area contributed by atoms with E-state index in [1.807, 2.05) is 0 Å². The Kier molecular flexibility index (Phi) is 5.07. The summed E-state index contributed by atoms with van der Waals surface area (Å²) in [5.41, 5.74) is 0.0608. The molecule has 0 unspecified atom stereocenters. The number of amides is 1. The summed E-state index contributed by atoms with van der Waals surface area (Å²) in [6.07, 6.45) is 3.81. The van der Waals surface area contributed by atoms with Crippen molar-refractivity contribution in [2.24, 2.45) is 5.41 Å². The Morgan fingerprint density at radius 2 is 1.85 bits per heavy atom. The van der Waals surface area contributed by atoms with Crippen molar-refractivity contribution in [1.29, 1.82) is 0 Å². The molecule has 2 aliphatic rings. The van der Waals surface area contributed by atoms with Crippen LogP contribution in [0.4, 0.5) is 0 Å². The number of benzene rings is 1. The summed E-state index contributed by atoms with van der Waals surface area (Å²) in [4.78, 5) is 23.8. The number of nitrogens with one attached hydrogen (secondary N) is 1. The van der Waals surface area contributed by atoms with Crippen molar-refractivity contribution in [3.63, 3.8) is 0 Å². The number of aliphatic carboxylic acids is 1. The highest BCUT2D eigenvalue weighted by Gasteiger charge is 2.50. The van der Waals surface area contributed by atoms with Crippen LogP contribution >= 0.6 is 0 Å². The van der Waals surface area contributed by atoms with Crippen LogP contribution < -0.4 is 5.32 Å². The summed E-state index contributed by atoms with van der Waals surface area (Å²) in [7, 11) is -3.62. The molecular weight excluding hydrogens is 356 g/mol. The number of hydrogen-bond acceptors (Lipinski definition) is 4. The van der Waals surface area contributed by atoms with Crippen LogP contribution in [0.25, 0.3) is 0 Å². The molecule has 142 valence electrons. The molecule has 0 bridgehead atoms. The highest BCUT2D eigenvalue weighted by Crippen LogP contribution is 2.45. The summed E-state index contributed by atoms with van der Waals surface area (Å²) < 4.78 is 27.1. The first kappa shape index (κ1) is 18.8. The first-order chi connectivity index (χ1) is 12.3. The number of nitrogens with zero attached hydrogens (tertiary/aromatic N) is 1. The molecule has 1 saturated heterocycles. The summed E-state index contributed by atoms with van der Waals surface area (Å²) in [6.45, 7) is 2.79. The van der Waals surface area contributed by atoms with Gasteiger partial charge in [0, 0.05) is 25.2 Å². The average molecular weight is 380 g/mol. The monoisotopic (exact) mass is 380 g/mol. The van der Waals surface area contributed by atoms with Crippen LogP contribution in [0.5, 0.6) is 0 Å². The molecule has 0 spiro atoms. The summed E-state index contributed by atoms with van der Waals surface area (Å²) in [5, 5.41) is 11.9. The van der Waals surface area contributed by atoms with Gasteiger partial charge in [0.2, 0.25) is 10.0 Å². The fourth-order valence-electron chi connectivity index (χ4n) is 3.22. The van der Waals surface area contributed by atoms with Gasteiger partial charge in [-0.05, 0) is 50.3 Å². The van der Waals surface area contributed by atoms with E-state index in [4.69, 9.17) is 0 Å². The fourth-order valence-corrected chi connectivity index (χ4v) is 4.77. The number of hydrogen-bond donors (Lipinski definition) is 2. The van der Waals surface area contributed by atoms with E-state index in [2.05, 4.69) is 5.32 Å². The highest BCUT2D eigenvalue weighted by molar-refractivity contribution is 7.89. The Hall–Kier alpha value is -1.93. The van der Waals surface area contributed by atoms with Crippen LogP contribution in [0.1, 0.15) is 48.0 Å². The molecule has 2 fully saturated rings. The second kappa shape index (κ2) is 7.00. The molecule has 1 aromatic carbocycles. The maximum atomic E-state index is 12.8. The van der Waals surface area contributed by atoms with E-state index >= 15 is 0 Å². The van der Waals surface area contributed by atoms with E-state index in [-0.39, 0.29) is 17.0 Å². The van der Waals surface area contributed by atoms with Crippen molar-refractivity contribution < 1.29 is 23.1 Å². The van der Waals surface area contributed by atoms with Gasteiger partial charge in [-0.1, -0.05) is 12.5 Å². The SMILES string of the molecule is Cc1ccc(S(=O)(=O)N2CCCCC2)cc1C(=O)NCC1(C(=O)O)CC1. The first-order valence-electron chi connectivity index (χ1n) is 8.89. The Morgan fingerprint density at radius 1 is 1.19 bits per heavy atom. The molecule has 26 heavy (non-hydrogen) atoms. The predicted molar refractivity (Wildman–Crippen MR) is 95.4 cm³/mol. The third kappa shape index (κ3) is 3.61. The third-order valence-corrected chi connectivity index (χ3v) is 7.20. The zero-order chi connectivity index (χ0) is 18.9. The minimum absolute atomic E-state index is 0.0592. The zero-order valence-corrected chi connectivity index (χ0v) is 15.6. The molecule has 1 saturated carbocycles. The lowest BCUT2D eigenvalue weighted by molar-refractivity contribution is -0.143. The summed E-state index contributed by atoms with van der Waals surface area (Å²) in [6, 6.07) is 4.54. The number of carbonyl (C=O) groups excluding carboxylic acids is 1. The molecule has 3 rings (SSSR count). The second-order valence-electron chi connectivity index (χ2n) is 7.21. The predicted octanol–water partition coefficient (Wildman–Crippen LogP) is 1.76. The lowest BCUT2D eigenvalue weighted by Gasteiger charge is -2.26. The van der Waals surface area contributed by atoms with Crippen LogP contribution in [0.15, 0.2) is 23.1 Å². The third-order valence-electron chi connectivity index (χ3n) is 5.30. The molecule has 8 heteroatoms. The van der Waals surface area contributed by atoms with Crippen LogP contribution in [-0.4, -0.2) is 49.3 Å². The van der Waals surface area contributed by atoms with E-state index in [9.17, 15) is 23.1 Å². The fraction of sp³-hybridized carbons (Fsp3) is 0.556. The number of carboxylic acid groups (broad SMARTS) is 1. The number of carboxylic acids is 1. The summed E-state index contributed by atoms with van der Waals surface area (Å²) >= 11 is 0. The molecule has 1 aliphatic carbocycles. The van der Waals surface area contributed by atoms with E-state index in [0.29, 0.717) is 31.5 Å². The smallest absolute Gasteiger partial charge is 0.311 e. The van der Waals surface area contributed by atoms with E-state index in [0.717, 1.165) is 19.3 Å². The molecule has 2 N–H and O–H groups in total. The minimum atomic E-state index is -3.62. The Morgan fingerprint density at radius 3 is 2.42 bits per heavy atom. The Bertz CT molecular complexity index is 824. The van der Waals surface area contributed by atoms with Crippen molar-refractivity contribution in [3.05, 3.63) is 29.3 Å². The van der Waals surface area contributed by atoms with Crippen molar-refractivity contribution >= 4 is 21.9 Å². The molecule has 0 aromatic heterocycles. The van der Waals surface area contributed by atoms with Crippen molar-refractivity contribution in [3.8, 4) is 0 Å². The lowest BCUT2D eigenvalue weighted by atomic mass is 10.1. The van der Waals surface area contributed by atoms with Gasteiger partial charge >= 0.3 is 5.97 Å². The topological polar surface area (TPSA) is 104 Å². The van der Waals surface area contributed by atoms with Gasteiger partial charge in [0.15, 0.2) is 0 Å². The number of piperidine rings is 1. The highest BCUT2D eigenvalue weighted by atomic mass is 32.2. The van der Waals surface area contributed by atoms with E-state index < -0.39 is 27.3 Å². The molecule has 1 heterocycles. The van der Waals surface area contributed by atoms with Crippen molar-refractivity contribution in [2.75, 3.05) is 19.6 Å². The zero-order valence-electron chi connectivity index (χ0n) is 14.8. The Balaban J connectivity index is 1.79. The van der Waals surface area contributed by atoms with Gasteiger partial charge in [-0.25, -0.2) is 8.42 Å². The number of sulfonamides is 1. The standard InChI is InChI=1S/C18H24N2O5S/c1-13-5-6-14(26(24,25)20-9-3-2-4-10-20)11-15(13)16(21)19-12-18(7-8-18)17(22)23/h5-6,11H,2-4,7-10,12H2,1H3,(H,19,21)(H,22,23). The lowest BCUT2D eigenvalue weighted by Crippen LogP contribution is -2.36. The first-order valence-corrected chi connectivity index (χ1v) is 10.3. The molecule has 1 amide bonds. The molecule has 1 aliphatic heterocycles. The molecule has 7 nitrogen and oxygen atoms in total. The second-order valence-corrected chi connectivity index (χ2v) is 9.15. The van der Waals surface area contributed by atoms with Crippen molar-refractivity contribution in [1.82, 2.24) is 9.62 Å². The van der Waals surface area contributed by atoms with Gasteiger partial charge in [-0.15, -0.1) is 0 Å². The molecule has 0 radical (unpaired) electrons. The van der Waals surface area contributed by atoms with Crippen LogP contribution in [0.2, 0.25) is 0 Å². The summed E-state index contributed by atoms with van der Waals surface area (Å²) in [5.74, 6) is -1.35. The van der Waals surface area contributed by atoms with Crippen LogP contribution in [0.3, 0.4) is 0 Å². The van der Waals surface area contributed by atoms with Gasteiger partial charge in [0.05, 0.1) is 10.3 Å². The molecule has 0 atom stereocenters. The van der Waals surface area contributed by atoms with Gasteiger partial charge in [-0.3, -0.25) is 9.59 Å². The van der Waals surface area contributed by atoms with E-state index in [1.54, 1.807) is 13.0 Å². The quantitative estimate of drug-likeness (QED) is 0.783. The minimum Gasteiger partial charge on any atom is -0.481 e. The van der Waals surface area contributed by atoms with Crippen LogP contribution in [0, 0.1) is 12.3 Å². The van der Waals surface area contributed by atoms with Gasteiger partial charge in [-0.2, -0.15) is 4.31 Å². The normalized spacial score (nSPS) is 19.7. The van der Waals surface area contributed by atoms with Crippen LogP contribution in [-0.2, 0) is 14.8 Å². The number of carbonyl (C=O) groups is 2. The maximum Gasteiger partial charge on any atom is 0.311 e. The van der Waals surface area contributed by atoms with Crippen molar-refractivity contribution in [2.45, 2.75) is 43.9 Å². The largest absolute Gasteiger partial charge is 0.481 e.